The number of hydrogen-bond donors (Lipinski definition) is 2. The van der Waals surface area contributed by atoms with Crippen LogP contribution < -0.4 is 10.5 Å². The van der Waals surface area contributed by atoms with Crippen molar-refractivity contribution < 1.29 is 27.8 Å². The molecule has 30 heavy (non-hydrogen) atoms. The van der Waals surface area contributed by atoms with E-state index in [4.69, 9.17) is 10.5 Å². The molecular weight excluding hydrogens is 395 g/mol. The largest absolute Gasteiger partial charge is 0.481 e. The highest BCUT2D eigenvalue weighted by molar-refractivity contribution is 5.78. The van der Waals surface area contributed by atoms with Gasteiger partial charge in [0.15, 0.2) is 11.6 Å². The van der Waals surface area contributed by atoms with E-state index in [0.717, 1.165) is 11.6 Å². The topological polar surface area (TPSA) is 72.5 Å². The Morgan fingerprint density at radius 2 is 1.80 bits per heavy atom. The smallest absolute Gasteiger partial charge is 0.312 e. The molecule has 0 fully saturated rings. The third-order valence-electron chi connectivity index (χ3n) is 5.29. The van der Waals surface area contributed by atoms with Crippen LogP contribution in [0.1, 0.15) is 23.5 Å². The van der Waals surface area contributed by atoms with Gasteiger partial charge in [0.25, 0.3) is 0 Å². The Morgan fingerprint density at radius 3 is 2.57 bits per heavy atom. The van der Waals surface area contributed by atoms with Crippen molar-refractivity contribution in [2.45, 2.75) is 24.8 Å². The lowest BCUT2D eigenvalue weighted by molar-refractivity contribution is -0.139. The Labute approximate surface area is 170 Å². The van der Waals surface area contributed by atoms with Crippen LogP contribution in [-0.2, 0) is 11.2 Å². The maximum Gasteiger partial charge on any atom is 0.312 e. The zero-order chi connectivity index (χ0) is 21.4. The molecule has 3 aromatic rings. The number of rotatable bonds is 4. The summed E-state index contributed by atoms with van der Waals surface area (Å²) in [5, 5.41) is 9.58. The monoisotopic (exact) mass is 413 g/mol. The predicted molar refractivity (Wildman–Crippen MR) is 105 cm³/mol. The molecule has 0 saturated carbocycles. The summed E-state index contributed by atoms with van der Waals surface area (Å²) in [4.78, 5) is 11.7. The van der Waals surface area contributed by atoms with Gasteiger partial charge in [-0.15, -0.1) is 0 Å². The van der Waals surface area contributed by atoms with E-state index >= 15 is 0 Å². The molecule has 1 aliphatic carbocycles. The van der Waals surface area contributed by atoms with E-state index < -0.39 is 35.4 Å². The molecular formula is C23H18F3NO3. The van der Waals surface area contributed by atoms with Crippen molar-refractivity contribution in [2.75, 3.05) is 0 Å². The van der Waals surface area contributed by atoms with Gasteiger partial charge in [0, 0.05) is 23.2 Å². The van der Waals surface area contributed by atoms with Gasteiger partial charge < -0.3 is 15.6 Å². The SMILES string of the molecule is NC1CCc2ccc(Oc3ccccc3-c3cc(F)cc(F)c3F)cc2C1C(=O)O. The number of carbonyl (C=O) groups is 1. The Kier molecular flexibility index (Phi) is 5.22. The second-order valence-electron chi connectivity index (χ2n) is 7.23. The molecule has 154 valence electrons. The number of aryl methyl sites for hydroxylation is 1. The Bertz CT molecular complexity index is 1130. The fourth-order valence-electron chi connectivity index (χ4n) is 3.85. The molecule has 3 aromatic carbocycles. The first-order valence-corrected chi connectivity index (χ1v) is 9.38. The molecule has 0 amide bonds. The van der Waals surface area contributed by atoms with Gasteiger partial charge in [-0.25, -0.2) is 13.2 Å². The molecule has 0 saturated heterocycles. The van der Waals surface area contributed by atoms with Gasteiger partial charge in [0.05, 0.1) is 5.92 Å². The van der Waals surface area contributed by atoms with E-state index in [1.807, 2.05) is 0 Å². The zero-order valence-electron chi connectivity index (χ0n) is 15.7. The summed E-state index contributed by atoms with van der Waals surface area (Å²) in [5.74, 6) is -4.78. The minimum Gasteiger partial charge on any atom is -0.481 e. The number of benzene rings is 3. The van der Waals surface area contributed by atoms with E-state index in [0.29, 0.717) is 30.2 Å². The Balaban J connectivity index is 1.75. The number of nitrogens with two attached hydrogens (primary N) is 1. The summed E-state index contributed by atoms with van der Waals surface area (Å²) in [6, 6.07) is 12.2. The van der Waals surface area contributed by atoms with Crippen LogP contribution in [0.2, 0.25) is 0 Å². The molecule has 0 heterocycles. The summed E-state index contributed by atoms with van der Waals surface area (Å²) < 4.78 is 47.6. The van der Waals surface area contributed by atoms with Gasteiger partial charge in [0.1, 0.15) is 17.3 Å². The minimum absolute atomic E-state index is 0.164. The number of halogens is 3. The van der Waals surface area contributed by atoms with Crippen LogP contribution in [0, 0.1) is 17.5 Å². The van der Waals surface area contributed by atoms with Crippen molar-refractivity contribution in [3.8, 4) is 22.6 Å². The molecule has 0 aromatic heterocycles. The van der Waals surface area contributed by atoms with Gasteiger partial charge in [-0.3, -0.25) is 4.79 Å². The van der Waals surface area contributed by atoms with Gasteiger partial charge in [-0.05, 0) is 48.2 Å². The summed E-state index contributed by atoms with van der Waals surface area (Å²) in [5.41, 5.74) is 7.35. The van der Waals surface area contributed by atoms with E-state index in [1.165, 1.54) is 12.1 Å². The van der Waals surface area contributed by atoms with Crippen molar-refractivity contribution in [3.05, 3.63) is 83.2 Å². The Morgan fingerprint density at radius 1 is 1.03 bits per heavy atom. The maximum atomic E-state index is 14.3. The van der Waals surface area contributed by atoms with Crippen LogP contribution in [0.15, 0.2) is 54.6 Å². The average molecular weight is 413 g/mol. The van der Waals surface area contributed by atoms with E-state index in [2.05, 4.69) is 0 Å². The quantitative estimate of drug-likeness (QED) is 0.590. The minimum atomic E-state index is -1.30. The van der Waals surface area contributed by atoms with Gasteiger partial charge in [0.2, 0.25) is 0 Å². The average Bonchev–Trinajstić information content (AvgIpc) is 2.70. The van der Waals surface area contributed by atoms with E-state index in [-0.39, 0.29) is 16.9 Å². The van der Waals surface area contributed by atoms with Crippen molar-refractivity contribution >= 4 is 5.97 Å². The zero-order valence-corrected chi connectivity index (χ0v) is 15.7. The lowest BCUT2D eigenvalue weighted by Gasteiger charge is -2.28. The molecule has 2 atom stereocenters. The third kappa shape index (κ3) is 3.64. The van der Waals surface area contributed by atoms with Crippen LogP contribution in [0.25, 0.3) is 11.1 Å². The first-order chi connectivity index (χ1) is 14.3. The maximum absolute atomic E-state index is 14.3. The van der Waals surface area contributed by atoms with Crippen LogP contribution in [0.4, 0.5) is 13.2 Å². The van der Waals surface area contributed by atoms with Crippen LogP contribution in [0.5, 0.6) is 11.5 Å². The second-order valence-corrected chi connectivity index (χ2v) is 7.23. The molecule has 4 nitrogen and oxygen atoms in total. The fraction of sp³-hybridized carbons (Fsp3) is 0.174. The normalized spacial score (nSPS) is 18.0. The molecule has 0 aliphatic heterocycles. The number of carboxylic acid groups (broad SMARTS) is 1. The fourth-order valence-corrected chi connectivity index (χ4v) is 3.85. The van der Waals surface area contributed by atoms with Gasteiger partial charge in [-0.1, -0.05) is 24.3 Å². The highest BCUT2D eigenvalue weighted by Gasteiger charge is 2.33. The van der Waals surface area contributed by atoms with E-state index in [9.17, 15) is 23.1 Å². The lowest BCUT2D eigenvalue weighted by Crippen LogP contribution is -2.37. The van der Waals surface area contributed by atoms with Gasteiger partial charge in [-0.2, -0.15) is 0 Å². The first-order valence-electron chi connectivity index (χ1n) is 9.38. The number of para-hydroxylation sites is 1. The number of hydrogen-bond acceptors (Lipinski definition) is 3. The summed E-state index contributed by atoms with van der Waals surface area (Å²) >= 11 is 0. The van der Waals surface area contributed by atoms with Crippen LogP contribution in [-0.4, -0.2) is 17.1 Å². The lowest BCUT2D eigenvalue weighted by atomic mass is 9.79. The van der Waals surface area contributed by atoms with Crippen molar-refractivity contribution in [1.29, 1.82) is 0 Å². The number of fused-ring (bicyclic) bond motifs is 1. The van der Waals surface area contributed by atoms with Crippen molar-refractivity contribution in [1.82, 2.24) is 0 Å². The molecule has 0 bridgehead atoms. The molecule has 0 spiro atoms. The number of carboxylic acids is 1. The van der Waals surface area contributed by atoms with Crippen molar-refractivity contribution in [2.24, 2.45) is 5.73 Å². The molecule has 4 rings (SSSR count). The summed E-state index contributed by atoms with van der Waals surface area (Å²) in [6.07, 6.45) is 1.22. The first kappa shape index (κ1) is 20.0. The molecule has 1 aliphatic rings. The number of aliphatic carboxylic acids is 1. The molecule has 2 unspecified atom stereocenters. The Hall–Kier alpha value is -3.32. The molecule has 3 N–H and O–H groups in total. The predicted octanol–water partition coefficient (Wildman–Crippen LogP) is 5.00. The number of ether oxygens (including phenoxy) is 1. The molecule has 7 heteroatoms. The summed E-state index contributed by atoms with van der Waals surface area (Å²) in [7, 11) is 0. The second kappa shape index (κ2) is 7.84. The highest BCUT2D eigenvalue weighted by Crippen LogP contribution is 2.38. The van der Waals surface area contributed by atoms with Crippen LogP contribution >= 0.6 is 0 Å². The third-order valence-corrected chi connectivity index (χ3v) is 5.29. The van der Waals surface area contributed by atoms with Crippen molar-refractivity contribution in [3.63, 3.8) is 0 Å². The summed E-state index contributed by atoms with van der Waals surface area (Å²) in [6.45, 7) is 0. The van der Waals surface area contributed by atoms with Gasteiger partial charge >= 0.3 is 5.97 Å². The standard InChI is InChI=1S/C23H18F3NO3/c24-13-9-17(22(26)18(25)10-13)15-3-1-2-4-20(15)30-14-7-5-12-6-8-19(27)21(23(28)29)16(12)11-14/h1-5,7,9-11,19,21H,6,8,27H2,(H,28,29). The highest BCUT2D eigenvalue weighted by atomic mass is 19.2. The van der Waals surface area contributed by atoms with Crippen LogP contribution in [0.3, 0.4) is 0 Å². The molecule has 0 radical (unpaired) electrons. The van der Waals surface area contributed by atoms with E-state index in [1.54, 1.807) is 30.3 Å².